The van der Waals surface area contributed by atoms with E-state index in [1.54, 1.807) is 0 Å². The number of anilines is 2. The first-order valence-corrected chi connectivity index (χ1v) is 15.6. The zero-order valence-corrected chi connectivity index (χ0v) is 25.4. The zero-order valence-electron chi connectivity index (χ0n) is 25.4. The van der Waals surface area contributed by atoms with Gasteiger partial charge in [-0.1, -0.05) is 97.1 Å². The largest absolute Gasteiger partial charge is 0.378 e. The van der Waals surface area contributed by atoms with E-state index >= 15 is 0 Å². The molecule has 44 heavy (non-hydrogen) atoms. The van der Waals surface area contributed by atoms with Crippen LogP contribution < -0.4 is 9.80 Å². The molecule has 2 spiro atoms. The van der Waals surface area contributed by atoms with Crippen molar-refractivity contribution < 1.29 is 0 Å². The van der Waals surface area contributed by atoms with Crippen LogP contribution in [0.3, 0.4) is 0 Å². The van der Waals surface area contributed by atoms with Crippen LogP contribution >= 0.6 is 0 Å². The van der Waals surface area contributed by atoms with Crippen LogP contribution in [0.15, 0.2) is 121 Å². The van der Waals surface area contributed by atoms with Crippen LogP contribution in [0.2, 0.25) is 0 Å². The molecule has 0 heterocycles. The third-order valence-electron chi connectivity index (χ3n) is 11.0. The minimum Gasteiger partial charge on any atom is -0.378 e. The Bertz CT molecular complexity index is 1950. The van der Waals surface area contributed by atoms with Gasteiger partial charge < -0.3 is 9.80 Å². The number of nitrogens with zero attached hydrogens (tertiary/aromatic N) is 2. The van der Waals surface area contributed by atoms with Gasteiger partial charge in [-0.3, -0.25) is 0 Å². The highest BCUT2D eigenvalue weighted by atomic mass is 15.1. The first kappa shape index (κ1) is 24.4. The molecule has 0 N–H and O–H groups in total. The van der Waals surface area contributed by atoms with Crippen molar-refractivity contribution in [1.82, 2.24) is 0 Å². The highest BCUT2D eigenvalue weighted by Gasteiger charge is 2.61. The predicted octanol–water partition coefficient (Wildman–Crippen LogP) is 8.84. The molecule has 6 aromatic carbocycles. The topological polar surface area (TPSA) is 6.48 Å². The van der Waals surface area contributed by atoms with Gasteiger partial charge >= 0.3 is 0 Å². The number of hydrogen-bond donors (Lipinski definition) is 0. The molecule has 0 atom stereocenters. The number of hydrogen-bond acceptors (Lipinski definition) is 2. The van der Waals surface area contributed by atoms with E-state index in [2.05, 4.69) is 159 Å². The molecule has 0 bridgehead atoms. The van der Waals surface area contributed by atoms with Gasteiger partial charge in [-0.15, -0.1) is 0 Å². The average Bonchev–Trinajstić information content (AvgIpc) is 3.73. The van der Waals surface area contributed by atoms with Crippen molar-refractivity contribution in [2.45, 2.75) is 10.8 Å². The summed E-state index contributed by atoms with van der Waals surface area (Å²) in [6, 6.07) is 46.6. The molecule has 210 valence electrons. The fourth-order valence-electron chi connectivity index (χ4n) is 9.41. The summed E-state index contributed by atoms with van der Waals surface area (Å²) in [6.07, 6.45) is 0. The van der Waals surface area contributed by atoms with E-state index in [9.17, 15) is 0 Å². The van der Waals surface area contributed by atoms with Crippen molar-refractivity contribution in [3.05, 3.63) is 166 Å². The number of benzene rings is 6. The Hall–Kier alpha value is -5.08. The van der Waals surface area contributed by atoms with Gasteiger partial charge in [0.1, 0.15) is 0 Å². The second-order valence-electron chi connectivity index (χ2n) is 13.3. The molecule has 10 rings (SSSR count). The standard InChI is InChI=1S/C42H32N2/c1-43(2)25-21-35-39-36(22-25)42(33-19-11-7-15-29(33)30-16-8-12-20-34(30)42)38-24-26(44(3)4)23-37(40(38)39)41(35)31-17-9-5-13-27(31)28-14-6-10-18-32(28)41/h5-24H,1-4H3. The fourth-order valence-corrected chi connectivity index (χ4v) is 9.41. The number of fused-ring (bicyclic) bond motifs is 14. The van der Waals surface area contributed by atoms with Gasteiger partial charge in [0.15, 0.2) is 0 Å². The minimum absolute atomic E-state index is 0.376. The average molecular weight is 565 g/mol. The highest BCUT2D eigenvalue weighted by molar-refractivity contribution is 6.05. The molecular formula is C42H32N2. The minimum atomic E-state index is -0.376. The van der Waals surface area contributed by atoms with Crippen molar-refractivity contribution in [3.8, 4) is 33.4 Å². The van der Waals surface area contributed by atoms with E-state index in [1.165, 1.54) is 89.3 Å². The van der Waals surface area contributed by atoms with E-state index < -0.39 is 0 Å². The quantitative estimate of drug-likeness (QED) is 0.207. The Morgan fingerprint density at radius 1 is 0.341 bits per heavy atom. The molecule has 0 saturated carbocycles. The third-order valence-corrected chi connectivity index (χ3v) is 11.0. The molecule has 0 aromatic heterocycles. The summed E-state index contributed by atoms with van der Waals surface area (Å²) in [5, 5.41) is 0. The summed E-state index contributed by atoms with van der Waals surface area (Å²) < 4.78 is 0. The number of rotatable bonds is 2. The van der Waals surface area contributed by atoms with Gasteiger partial charge in [0.25, 0.3) is 0 Å². The van der Waals surface area contributed by atoms with Gasteiger partial charge in [0, 0.05) is 39.6 Å². The second-order valence-corrected chi connectivity index (χ2v) is 13.3. The molecule has 0 unspecified atom stereocenters. The molecule has 0 fully saturated rings. The van der Waals surface area contributed by atoms with Crippen molar-refractivity contribution in [3.63, 3.8) is 0 Å². The molecule has 4 aliphatic rings. The molecule has 4 aliphatic carbocycles. The summed E-state index contributed by atoms with van der Waals surface area (Å²) in [7, 11) is 8.75. The third kappa shape index (κ3) is 2.47. The molecule has 2 nitrogen and oxygen atoms in total. The van der Waals surface area contributed by atoms with Crippen LogP contribution in [0.5, 0.6) is 0 Å². The maximum absolute atomic E-state index is 2.50. The Labute approximate surface area is 258 Å². The summed E-state index contributed by atoms with van der Waals surface area (Å²) in [4.78, 5) is 4.59. The zero-order chi connectivity index (χ0) is 29.5. The van der Waals surface area contributed by atoms with Crippen LogP contribution in [0.1, 0.15) is 44.5 Å². The lowest BCUT2D eigenvalue weighted by Gasteiger charge is -2.37. The lowest BCUT2D eigenvalue weighted by molar-refractivity contribution is 0.755. The van der Waals surface area contributed by atoms with Crippen LogP contribution in [-0.4, -0.2) is 28.2 Å². The van der Waals surface area contributed by atoms with E-state index in [4.69, 9.17) is 0 Å². The first-order valence-electron chi connectivity index (χ1n) is 15.6. The van der Waals surface area contributed by atoms with Crippen LogP contribution in [-0.2, 0) is 10.8 Å². The molecule has 0 aliphatic heterocycles. The Morgan fingerprint density at radius 2 is 0.591 bits per heavy atom. The Balaban J connectivity index is 1.47. The SMILES string of the molecule is CN(C)c1cc2c3c(c1)C1(c4ccccc4-c4ccccc41)c1cc(N(C)C)cc(c1-3)C21c2ccccc2-c2ccccc21. The molecular weight excluding hydrogens is 532 g/mol. The Kier molecular flexibility index (Phi) is 4.37. The maximum Gasteiger partial charge on any atom is 0.0727 e. The highest BCUT2D eigenvalue weighted by Crippen LogP contribution is 2.72. The molecule has 0 amide bonds. The van der Waals surface area contributed by atoms with Crippen molar-refractivity contribution in [1.29, 1.82) is 0 Å². The second kappa shape index (κ2) is 7.89. The normalized spacial score (nSPS) is 15.6. The lowest BCUT2D eigenvalue weighted by Crippen LogP contribution is -2.32. The predicted molar refractivity (Wildman–Crippen MR) is 182 cm³/mol. The summed E-state index contributed by atoms with van der Waals surface area (Å²) >= 11 is 0. The Morgan fingerprint density at radius 3 is 0.841 bits per heavy atom. The van der Waals surface area contributed by atoms with E-state index in [-0.39, 0.29) is 10.8 Å². The summed E-state index contributed by atoms with van der Waals surface area (Å²) in [5.41, 5.74) is 21.3. The smallest absolute Gasteiger partial charge is 0.0727 e. The lowest BCUT2D eigenvalue weighted by atomic mass is 9.65. The van der Waals surface area contributed by atoms with E-state index in [0.29, 0.717) is 0 Å². The van der Waals surface area contributed by atoms with Gasteiger partial charge in [0.2, 0.25) is 0 Å². The van der Waals surface area contributed by atoms with Gasteiger partial charge in [-0.05, 0) is 102 Å². The van der Waals surface area contributed by atoms with Crippen LogP contribution in [0, 0.1) is 0 Å². The molecule has 2 heteroatoms. The van der Waals surface area contributed by atoms with Gasteiger partial charge in [-0.2, -0.15) is 0 Å². The first-order chi connectivity index (χ1) is 21.5. The molecule has 6 aromatic rings. The molecule has 0 radical (unpaired) electrons. The van der Waals surface area contributed by atoms with Crippen LogP contribution in [0.4, 0.5) is 11.4 Å². The van der Waals surface area contributed by atoms with E-state index in [1.807, 2.05) is 0 Å². The summed E-state index contributed by atoms with van der Waals surface area (Å²) in [6.45, 7) is 0. The van der Waals surface area contributed by atoms with Crippen molar-refractivity contribution in [2.24, 2.45) is 0 Å². The summed E-state index contributed by atoms with van der Waals surface area (Å²) in [5.74, 6) is 0. The van der Waals surface area contributed by atoms with Crippen molar-refractivity contribution >= 4 is 11.4 Å². The van der Waals surface area contributed by atoms with Gasteiger partial charge in [0.05, 0.1) is 10.8 Å². The fraction of sp³-hybridized carbons (Fsp3) is 0.143. The van der Waals surface area contributed by atoms with Crippen molar-refractivity contribution in [2.75, 3.05) is 38.0 Å². The van der Waals surface area contributed by atoms with Crippen LogP contribution in [0.25, 0.3) is 33.4 Å². The van der Waals surface area contributed by atoms with E-state index in [0.717, 1.165) is 0 Å². The maximum atomic E-state index is 2.50. The monoisotopic (exact) mass is 564 g/mol. The molecule has 0 saturated heterocycles. The van der Waals surface area contributed by atoms with Gasteiger partial charge in [-0.25, -0.2) is 0 Å².